The number of fused-ring (bicyclic) bond motifs is 6. The third kappa shape index (κ3) is 2.88. The van der Waals surface area contributed by atoms with E-state index < -0.39 is 0 Å². The van der Waals surface area contributed by atoms with Gasteiger partial charge in [-0.1, -0.05) is 39.0 Å². The maximum Gasteiger partial charge on any atom is 0.394 e. The van der Waals surface area contributed by atoms with E-state index in [1.807, 2.05) is 24.3 Å². The average Bonchev–Trinajstić information content (AvgIpc) is 3.28. The molecule has 3 aliphatic carbocycles. The Morgan fingerprint density at radius 3 is 2.87 bits per heavy atom. The van der Waals surface area contributed by atoms with Gasteiger partial charge in [0.05, 0.1) is 0 Å². The first kappa shape index (κ1) is 19.4. The van der Waals surface area contributed by atoms with Crippen LogP contribution in [0.15, 0.2) is 40.8 Å². The molecule has 0 saturated heterocycles. The topological polar surface area (TPSA) is 64.4 Å². The highest BCUT2D eigenvalue weighted by atomic mass is 16.6. The lowest BCUT2D eigenvalue weighted by molar-refractivity contribution is -0.124. The van der Waals surface area contributed by atoms with Gasteiger partial charge in [-0.25, -0.2) is 0 Å². The largest absolute Gasteiger partial charge is 0.447 e. The normalized spacial score (nSPS) is 43.8. The van der Waals surface area contributed by atoms with Crippen molar-refractivity contribution < 1.29 is 13.9 Å². The summed E-state index contributed by atoms with van der Waals surface area (Å²) in [6.07, 6.45) is 10.2. The first-order valence-corrected chi connectivity index (χ1v) is 11.9. The van der Waals surface area contributed by atoms with E-state index in [1.165, 1.54) is 12.8 Å². The van der Waals surface area contributed by atoms with E-state index in [0.717, 1.165) is 30.4 Å². The molecule has 6 rings (SSSR count). The van der Waals surface area contributed by atoms with Crippen LogP contribution in [0.1, 0.15) is 52.9 Å². The minimum absolute atomic E-state index is 0.0612. The molecule has 5 heteroatoms. The van der Waals surface area contributed by atoms with Crippen LogP contribution in [0.2, 0.25) is 0 Å². The molecule has 3 fully saturated rings. The molecule has 0 bridgehead atoms. The molecule has 0 radical (unpaired) electrons. The fourth-order valence-electron chi connectivity index (χ4n) is 7.81. The molecule has 31 heavy (non-hydrogen) atoms. The number of benzene rings is 1. The van der Waals surface area contributed by atoms with Crippen LogP contribution in [0.3, 0.4) is 0 Å². The van der Waals surface area contributed by atoms with Gasteiger partial charge in [-0.15, -0.1) is 0 Å². The summed E-state index contributed by atoms with van der Waals surface area (Å²) in [5, 5.41) is 3.27. The number of carbonyl (C=O) groups excluding carboxylic acids is 1. The first-order valence-electron chi connectivity index (χ1n) is 11.9. The van der Waals surface area contributed by atoms with E-state index in [9.17, 15) is 4.79 Å². The summed E-state index contributed by atoms with van der Waals surface area (Å²) < 4.78 is 12.2. The second-order valence-electron chi connectivity index (χ2n) is 11.1. The van der Waals surface area contributed by atoms with Gasteiger partial charge >= 0.3 is 6.08 Å². The van der Waals surface area contributed by atoms with Gasteiger partial charge in [-0.3, -0.25) is 4.79 Å². The molecule has 2 heterocycles. The number of amides is 1. The highest BCUT2D eigenvalue weighted by Gasteiger charge is 2.61. The van der Waals surface area contributed by atoms with Crippen LogP contribution in [-0.2, 0) is 4.79 Å². The predicted octanol–water partition coefficient (Wildman–Crippen LogP) is 5.12. The van der Waals surface area contributed by atoms with Gasteiger partial charge in [0.2, 0.25) is 5.91 Å². The first-order chi connectivity index (χ1) is 14.9. The molecular weight excluding hydrogens is 388 g/mol. The second kappa shape index (κ2) is 6.60. The van der Waals surface area contributed by atoms with E-state index in [2.05, 4.69) is 37.1 Å². The van der Waals surface area contributed by atoms with Gasteiger partial charge in [0.15, 0.2) is 5.58 Å². The highest BCUT2D eigenvalue weighted by Crippen LogP contribution is 2.64. The van der Waals surface area contributed by atoms with Crippen molar-refractivity contribution in [2.75, 3.05) is 0 Å². The van der Waals surface area contributed by atoms with Crippen LogP contribution in [-0.4, -0.2) is 23.0 Å². The van der Waals surface area contributed by atoms with Gasteiger partial charge in [-0.05, 0) is 79.4 Å². The van der Waals surface area contributed by atoms with Crippen LogP contribution < -0.4 is 10.1 Å². The molecule has 2 aromatic rings. The van der Waals surface area contributed by atoms with E-state index in [-0.39, 0.29) is 23.5 Å². The number of hydrogen-bond acceptors (Lipinski definition) is 4. The van der Waals surface area contributed by atoms with Crippen LogP contribution in [0.4, 0.5) is 0 Å². The Hall–Kier alpha value is -2.30. The van der Waals surface area contributed by atoms with Crippen LogP contribution in [0.25, 0.3) is 11.1 Å². The summed E-state index contributed by atoms with van der Waals surface area (Å²) in [6.45, 7) is 7.26. The third-order valence-corrected chi connectivity index (χ3v) is 9.33. The Morgan fingerprint density at radius 1 is 1.19 bits per heavy atom. The fourth-order valence-corrected chi connectivity index (χ4v) is 7.81. The zero-order valence-electron chi connectivity index (χ0n) is 18.6. The minimum atomic E-state index is 0.0612. The Balaban J connectivity index is 1.27. The summed E-state index contributed by atoms with van der Waals surface area (Å²) in [7, 11) is 0. The maximum atomic E-state index is 12.0. The van der Waals surface area contributed by atoms with Crippen molar-refractivity contribution in [2.45, 2.75) is 65.0 Å². The number of carbonyl (C=O) groups is 1. The molecule has 1 aromatic heterocycles. The standard InChI is InChI=1S/C26H32N2O3/c1-15-12-21-26(3,11-9-22(29)28-21)17-8-10-25(2)14-16(13-18(25)23(15)17)30-24-27-19-6-4-5-7-20(19)31-24/h4-7,9,11,15-18,21,23H,8,10,12-14H2,1-3H3,(H,28,29)/t15-,16-,17-,18-,21+,23+,25+,26+/m0/s1. The number of rotatable bonds is 2. The maximum absolute atomic E-state index is 12.0. The monoisotopic (exact) mass is 420 g/mol. The van der Waals surface area contributed by atoms with Crippen LogP contribution in [0.5, 0.6) is 6.08 Å². The van der Waals surface area contributed by atoms with Crippen molar-refractivity contribution in [3.8, 4) is 6.08 Å². The molecule has 0 spiro atoms. The second-order valence-corrected chi connectivity index (χ2v) is 11.1. The number of ether oxygens (including phenoxy) is 1. The summed E-state index contributed by atoms with van der Waals surface area (Å²) in [6, 6.07) is 8.10. The van der Waals surface area contributed by atoms with Gasteiger partial charge in [0, 0.05) is 11.5 Å². The van der Waals surface area contributed by atoms with Gasteiger partial charge in [-0.2, -0.15) is 4.98 Å². The molecule has 8 atom stereocenters. The minimum Gasteiger partial charge on any atom is -0.447 e. The van der Waals surface area contributed by atoms with Crippen molar-refractivity contribution in [1.29, 1.82) is 0 Å². The van der Waals surface area contributed by atoms with Crippen LogP contribution >= 0.6 is 0 Å². The van der Waals surface area contributed by atoms with Crippen LogP contribution in [0, 0.1) is 34.5 Å². The predicted molar refractivity (Wildman–Crippen MR) is 118 cm³/mol. The molecule has 3 saturated carbocycles. The summed E-state index contributed by atoms with van der Waals surface area (Å²) in [5.41, 5.74) is 2.00. The molecule has 4 aliphatic rings. The molecule has 1 N–H and O–H groups in total. The third-order valence-electron chi connectivity index (χ3n) is 9.33. The molecule has 164 valence electrons. The molecule has 5 nitrogen and oxygen atoms in total. The molecule has 1 amide bonds. The van der Waals surface area contributed by atoms with E-state index >= 15 is 0 Å². The SMILES string of the molecule is C[C@H]1C[C@H]2NC(=O)C=C[C@]2(C)[C@H]2CC[C@]3(C)C[C@@H](Oc4nc5ccccc5o4)C[C@H]3[C@H]12. The van der Waals surface area contributed by atoms with Crippen molar-refractivity contribution in [3.63, 3.8) is 0 Å². The zero-order chi connectivity index (χ0) is 21.4. The molecular formula is C26H32N2O3. The quantitative estimate of drug-likeness (QED) is 0.732. The molecule has 1 aliphatic heterocycles. The Morgan fingerprint density at radius 2 is 2.03 bits per heavy atom. The van der Waals surface area contributed by atoms with E-state index in [4.69, 9.17) is 9.15 Å². The Bertz CT molecular complexity index is 1030. The number of nitrogens with one attached hydrogen (secondary N) is 1. The lowest BCUT2D eigenvalue weighted by atomic mass is 9.46. The summed E-state index contributed by atoms with van der Waals surface area (Å²) in [4.78, 5) is 16.6. The lowest BCUT2D eigenvalue weighted by Crippen LogP contribution is -2.61. The number of oxazole rings is 1. The van der Waals surface area contributed by atoms with Gasteiger partial charge < -0.3 is 14.5 Å². The Labute approximate surface area is 183 Å². The average molecular weight is 421 g/mol. The highest BCUT2D eigenvalue weighted by molar-refractivity contribution is 5.89. The Kier molecular flexibility index (Phi) is 4.13. The summed E-state index contributed by atoms with van der Waals surface area (Å²) >= 11 is 0. The zero-order valence-corrected chi connectivity index (χ0v) is 18.6. The van der Waals surface area contributed by atoms with Crippen molar-refractivity contribution in [2.24, 2.45) is 34.5 Å². The van der Waals surface area contributed by atoms with Crippen molar-refractivity contribution in [1.82, 2.24) is 10.3 Å². The van der Waals surface area contributed by atoms with E-state index in [0.29, 0.717) is 35.2 Å². The lowest BCUT2D eigenvalue weighted by Gasteiger charge is -2.60. The van der Waals surface area contributed by atoms with Gasteiger partial charge in [0.25, 0.3) is 0 Å². The molecule has 1 aromatic carbocycles. The van der Waals surface area contributed by atoms with Gasteiger partial charge in [0.1, 0.15) is 11.6 Å². The van der Waals surface area contributed by atoms with Crippen molar-refractivity contribution in [3.05, 3.63) is 36.4 Å². The summed E-state index contributed by atoms with van der Waals surface area (Å²) in [5.74, 6) is 2.58. The fraction of sp³-hybridized carbons (Fsp3) is 0.615. The number of nitrogens with zero attached hydrogens (tertiary/aromatic N) is 1. The van der Waals surface area contributed by atoms with Crippen molar-refractivity contribution >= 4 is 17.0 Å². The van der Waals surface area contributed by atoms with E-state index in [1.54, 1.807) is 6.08 Å². The number of hydrogen-bond donors (Lipinski definition) is 1. The number of aromatic nitrogens is 1. The molecule has 0 unspecified atom stereocenters. The smallest absolute Gasteiger partial charge is 0.394 e. The number of para-hydroxylation sites is 2.